The van der Waals surface area contributed by atoms with Crippen molar-refractivity contribution in [1.82, 2.24) is 0 Å². The number of rotatable bonds is 3. The van der Waals surface area contributed by atoms with Crippen LogP contribution >= 0.6 is 23.1 Å². The summed E-state index contributed by atoms with van der Waals surface area (Å²) >= 11 is 2.99. The Morgan fingerprint density at radius 2 is 2.27 bits per heavy atom. The molecule has 15 heavy (non-hydrogen) atoms. The second-order valence-electron chi connectivity index (χ2n) is 3.08. The van der Waals surface area contributed by atoms with Gasteiger partial charge in [0, 0.05) is 6.07 Å². The number of aryl methyl sites for hydroxylation is 1. The molecule has 1 aromatic heterocycles. The van der Waals surface area contributed by atoms with Crippen LogP contribution in [-0.2, 0) is 11.8 Å². The van der Waals surface area contributed by atoms with Gasteiger partial charge in [-0.15, -0.1) is 0 Å². The Morgan fingerprint density at radius 1 is 1.53 bits per heavy atom. The summed E-state index contributed by atoms with van der Waals surface area (Å²) in [5.74, 6) is -0.668. The minimum Gasteiger partial charge on any atom is -0.481 e. The zero-order valence-corrected chi connectivity index (χ0v) is 9.77. The van der Waals surface area contributed by atoms with Crippen molar-refractivity contribution in [2.75, 3.05) is 5.75 Å². The first-order valence-electron chi connectivity index (χ1n) is 4.40. The Kier molecular flexibility index (Phi) is 2.93. The van der Waals surface area contributed by atoms with Gasteiger partial charge >= 0.3 is 5.97 Å². The number of para-hydroxylation sites is 1. The van der Waals surface area contributed by atoms with Crippen molar-refractivity contribution >= 4 is 39.3 Å². The molecule has 0 radical (unpaired) electrons. The second-order valence-corrected chi connectivity index (χ2v) is 5.33. The normalized spacial score (nSPS) is 10.7. The Morgan fingerprint density at radius 3 is 2.93 bits per heavy atom. The van der Waals surface area contributed by atoms with Crippen molar-refractivity contribution in [3.63, 3.8) is 0 Å². The van der Waals surface area contributed by atoms with Crippen LogP contribution in [0.25, 0.3) is 10.2 Å². The summed E-state index contributed by atoms with van der Waals surface area (Å²) in [4.78, 5) is 10.5. The number of carboxylic acids is 1. The van der Waals surface area contributed by atoms with Crippen LogP contribution in [0, 0.1) is 0 Å². The summed E-state index contributed by atoms with van der Waals surface area (Å²) in [6, 6.07) is 8.06. The lowest BCUT2D eigenvalue weighted by molar-refractivity contribution is -0.676. The van der Waals surface area contributed by atoms with Crippen molar-refractivity contribution < 1.29 is 14.5 Å². The Labute approximate surface area is 95.4 Å². The predicted octanol–water partition coefficient (Wildman–Crippen LogP) is 1.90. The number of carboxylic acid groups (broad SMARTS) is 1. The van der Waals surface area contributed by atoms with Crippen molar-refractivity contribution in [2.24, 2.45) is 7.05 Å². The Hall–Kier alpha value is -1.07. The van der Waals surface area contributed by atoms with Gasteiger partial charge < -0.3 is 5.11 Å². The molecule has 0 atom stereocenters. The zero-order valence-electron chi connectivity index (χ0n) is 8.14. The van der Waals surface area contributed by atoms with Gasteiger partial charge in [0.2, 0.25) is 5.52 Å². The molecule has 0 bridgehead atoms. The van der Waals surface area contributed by atoms with Gasteiger partial charge in [-0.1, -0.05) is 23.5 Å². The monoisotopic (exact) mass is 240 g/mol. The van der Waals surface area contributed by atoms with E-state index in [4.69, 9.17) is 5.11 Å². The van der Waals surface area contributed by atoms with Gasteiger partial charge in [-0.05, 0) is 17.8 Å². The number of aromatic nitrogens is 1. The molecule has 1 heterocycles. The van der Waals surface area contributed by atoms with E-state index in [1.165, 1.54) is 16.5 Å². The third-order valence-corrected chi connectivity index (χ3v) is 4.55. The van der Waals surface area contributed by atoms with Crippen molar-refractivity contribution in [3.8, 4) is 0 Å². The second kappa shape index (κ2) is 4.20. The summed E-state index contributed by atoms with van der Waals surface area (Å²) < 4.78 is 4.25. The van der Waals surface area contributed by atoms with E-state index >= 15 is 0 Å². The van der Waals surface area contributed by atoms with Crippen LogP contribution in [0.4, 0.5) is 0 Å². The average molecular weight is 240 g/mol. The molecule has 0 spiro atoms. The van der Waals surface area contributed by atoms with Gasteiger partial charge in [0.15, 0.2) is 0 Å². The SMILES string of the molecule is C[n+]1c(SCC(=O)O)sc2ccccc21. The van der Waals surface area contributed by atoms with Crippen LogP contribution in [0.15, 0.2) is 28.6 Å². The van der Waals surface area contributed by atoms with E-state index in [-0.39, 0.29) is 5.75 Å². The smallest absolute Gasteiger partial charge is 0.314 e. The first-order valence-corrected chi connectivity index (χ1v) is 6.21. The minimum atomic E-state index is -0.780. The van der Waals surface area contributed by atoms with Gasteiger partial charge in [0.1, 0.15) is 17.5 Å². The topological polar surface area (TPSA) is 41.2 Å². The highest BCUT2D eigenvalue weighted by molar-refractivity contribution is 8.01. The molecule has 0 amide bonds. The highest BCUT2D eigenvalue weighted by Crippen LogP contribution is 2.26. The number of fused-ring (bicyclic) bond motifs is 1. The lowest BCUT2D eigenvalue weighted by Crippen LogP contribution is -2.28. The number of benzene rings is 1. The average Bonchev–Trinajstić information content (AvgIpc) is 2.54. The number of aliphatic carboxylic acids is 1. The van der Waals surface area contributed by atoms with Crippen molar-refractivity contribution in [2.45, 2.75) is 4.34 Å². The third-order valence-electron chi connectivity index (χ3n) is 2.02. The molecule has 2 aromatic rings. The van der Waals surface area contributed by atoms with E-state index in [2.05, 4.69) is 0 Å². The summed E-state index contributed by atoms with van der Waals surface area (Å²) in [6.45, 7) is 0. The molecule has 2 rings (SSSR count). The quantitative estimate of drug-likeness (QED) is 0.658. The molecule has 0 saturated carbocycles. The van der Waals surface area contributed by atoms with Crippen LogP contribution in [0.5, 0.6) is 0 Å². The summed E-state index contributed by atoms with van der Waals surface area (Å²) in [6.07, 6.45) is 0. The van der Waals surface area contributed by atoms with Crippen LogP contribution in [0.1, 0.15) is 0 Å². The van der Waals surface area contributed by atoms with Gasteiger partial charge in [-0.2, -0.15) is 4.57 Å². The molecule has 3 nitrogen and oxygen atoms in total. The van der Waals surface area contributed by atoms with E-state index in [9.17, 15) is 4.79 Å². The van der Waals surface area contributed by atoms with Gasteiger partial charge in [-0.25, -0.2) is 0 Å². The number of thiazole rings is 1. The van der Waals surface area contributed by atoms with E-state index in [0.29, 0.717) is 0 Å². The zero-order chi connectivity index (χ0) is 10.8. The molecular weight excluding hydrogens is 230 g/mol. The largest absolute Gasteiger partial charge is 0.481 e. The van der Waals surface area contributed by atoms with Crippen LogP contribution in [0.3, 0.4) is 0 Å². The predicted molar refractivity (Wildman–Crippen MR) is 61.4 cm³/mol. The fraction of sp³-hybridized carbons (Fsp3) is 0.200. The molecular formula is C10H10NO2S2+. The molecule has 0 saturated heterocycles. The fourth-order valence-electron chi connectivity index (χ4n) is 1.33. The van der Waals surface area contributed by atoms with Crippen molar-refractivity contribution in [3.05, 3.63) is 24.3 Å². The summed E-state index contributed by atoms with van der Waals surface area (Å²) in [7, 11) is 1.96. The Balaban J connectivity index is 2.36. The molecule has 0 aliphatic heterocycles. The summed E-state index contributed by atoms with van der Waals surface area (Å²) in [5.41, 5.74) is 1.15. The third kappa shape index (κ3) is 2.13. The highest BCUT2D eigenvalue weighted by Gasteiger charge is 2.17. The maximum atomic E-state index is 10.5. The van der Waals surface area contributed by atoms with Crippen LogP contribution in [0.2, 0.25) is 0 Å². The number of thioether (sulfide) groups is 1. The van der Waals surface area contributed by atoms with E-state index < -0.39 is 5.97 Å². The molecule has 0 aliphatic rings. The van der Waals surface area contributed by atoms with E-state index in [1.54, 1.807) is 11.3 Å². The molecule has 0 unspecified atom stereocenters. The summed E-state index contributed by atoms with van der Waals surface area (Å²) in [5, 5.41) is 8.62. The molecule has 5 heteroatoms. The number of carbonyl (C=O) groups is 1. The molecule has 0 fully saturated rings. The number of hydrogen-bond acceptors (Lipinski definition) is 3. The van der Waals surface area contributed by atoms with Crippen LogP contribution < -0.4 is 4.57 Å². The van der Waals surface area contributed by atoms with E-state index in [0.717, 1.165) is 9.86 Å². The minimum absolute atomic E-state index is 0.112. The van der Waals surface area contributed by atoms with Crippen molar-refractivity contribution in [1.29, 1.82) is 0 Å². The molecule has 1 N–H and O–H groups in total. The first-order chi connectivity index (χ1) is 7.18. The lowest BCUT2D eigenvalue weighted by Gasteiger charge is -1.89. The fourth-order valence-corrected chi connectivity index (χ4v) is 3.43. The number of hydrogen-bond donors (Lipinski definition) is 1. The van der Waals surface area contributed by atoms with E-state index in [1.807, 2.05) is 35.9 Å². The van der Waals surface area contributed by atoms with Gasteiger partial charge in [0.05, 0.1) is 0 Å². The molecule has 0 aliphatic carbocycles. The lowest BCUT2D eigenvalue weighted by atomic mass is 10.3. The van der Waals surface area contributed by atoms with Gasteiger partial charge in [-0.3, -0.25) is 4.79 Å². The molecule has 78 valence electrons. The first kappa shape index (κ1) is 10.4. The van der Waals surface area contributed by atoms with Crippen LogP contribution in [-0.4, -0.2) is 16.8 Å². The number of nitrogens with zero attached hydrogens (tertiary/aromatic N) is 1. The maximum absolute atomic E-state index is 10.5. The standard InChI is InChI=1S/C10H9NO2S2/c1-11-7-4-2-3-5-8(7)15-10(11)14-6-9(12)13/h2-5H,6H2,1H3/p+1. The maximum Gasteiger partial charge on any atom is 0.314 e. The molecule has 1 aromatic carbocycles. The highest BCUT2D eigenvalue weighted by atomic mass is 32.2. The Bertz CT molecular complexity index is 507. The van der Waals surface area contributed by atoms with Gasteiger partial charge in [0.25, 0.3) is 4.34 Å².